The summed E-state index contributed by atoms with van der Waals surface area (Å²) in [4.78, 5) is 13.7. The molecule has 0 radical (unpaired) electrons. The Morgan fingerprint density at radius 2 is 2.27 bits per heavy atom. The van der Waals surface area contributed by atoms with Crippen LogP contribution in [-0.4, -0.2) is 17.3 Å². The van der Waals surface area contributed by atoms with Gasteiger partial charge in [-0.2, -0.15) is 0 Å². The van der Waals surface area contributed by atoms with Gasteiger partial charge in [0, 0.05) is 15.8 Å². The van der Waals surface area contributed by atoms with Crippen LogP contribution in [-0.2, 0) is 4.79 Å². The van der Waals surface area contributed by atoms with Gasteiger partial charge in [0.15, 0.2) is 0 Å². The lowest BCUT2D eigenvalue weighted by Crippen LogP contribution is -2.27. The van der Waals surface area contributed by atoms with Crippen LogP contribution in [0.3, 0.4) is 0 Å². The van der Waals surface area contributed by atoms with E-state index in [-0.39, 0.29) is 10.7 Å². The van der Waals surface area contributed by atoms with Crippen LogP contribution in [0.2, 0.25) is 0 Å². The SMILES string of the molecule is Cc1c(I)cccc1N1CCC(Br)C1=O. The zero-order chi connectivity index (χ0) is 11.0. The number of hydrogen-bond donors (Lipinski definition) is 0. The van der Waals surface area contributed by atoms with E-state index in [2.05, 4.69) is 51.5 Å². The van der Waals surface area contributed by atoms with Crippen LogP contribution in [0.1, 0.15) is 12.0 Å². The maximum Gasteiger partial charge on any atom is 0.240 e. The summed E-state index contributed by atoms with van der Waals surface area (Å²) in [5.74, 6) is 0.181. The van der Waals surface area contributed by atoms with Crippen LogP contribution in [0.5, 0.6) is 0 Å². The molecule has 1 amide bonds. The van der Waals surface area contributed by atoms with Crippen molar-refractivity contribution in [1.82, 2.24) is 0 Å². The van der Waals surface area contributed by atoms with Crippen LogP contribution in [0.25, 0.3) is 0 Å². The smallest absolute Gasteiger partial charge is 0.240 e. The van der Waals surface area contributed by atoms with Crippen LogP contribution in [0.4, 0.5) is 5.69 Å². The molecule has 0 saturated carbocycles. The summed E-state index contributed by atoms with van der Waals surface area (Å²) in [6, 6.07) is 6.07. The first-order valence-corrected chi connectivity index (χ1v) is 6.81. The Bertz CT molecular complexity index is 408. The number of carbonyl (C=O) groups is 1. The number of anilines is 1. The van der Waals surface area contributed by atoms with Crippen LogP contribution >= 0.6 is 38.5 Å². The van der Waals surface area contributed by atoms with E-state index in [4.69, 9.17) is 0 Å². The van der Waals surface area contributed by atoms with Gasteiger partial charge in [0.1, 0.15) is 0 Å². The molecule has 1 fully saturated rings. The lowest BCUT2D eigenvalue weighted by molar-refractivity contribution is -0.116. The van der Waals surface area contributed by atoms with Crippen molar-refractivity contribution < 1.29 is 4.79 Å². The third-order valence-corrected chi connectivity index (χ3v) is 4.69. The molecule has 1 heterocycles. The fourth-order valence-corrected chi connectivity index (χ4v) is 2.71. The molecule has 0 spiro atoms. The molecular formula is C11H11BrINO. The minimum atomic E-state index is -0.00485. The van der Waals surface area contributed by atoms with Crippen molar-refractivity contribution >= 4 is 50.1 Å². The van der Waals surface area contributed by atoms with Crippen molar-refractivity contribution in [2.75, 3.05) is 11.4 Å². The van der Waals surface area contributed by atoms with Gasteiger partial charge in [-0.05, 0) is 53.6 Å². The molecule has 0 N–H and O–H groups in total. The molecule has 15 heavy (non-hydrogen) atoms. The highest BCUT2D eigenvalue weighted by Crippen LogP contribution is 2.29. The Labute approximate surface area is 111 Å². The topological polar surface area (TPSA) is 20.3 Å². The molecule has 0 aliphatic carbocycles. The lowest BCUT2D eigenvalue weighted by Gasteiger charge is -2.19. The molecule has 2 nitrogen and oxygen atoms in total. The summed E-state index contributed by atoms with van der Waals surface area (Å²) in [6.07, 6.45) is 0.893. The van der Waals surface area contributed by atoms with Crippen LogP contribution in [0.15, 0.2) is 18.2 Å². The summed E-state index contributed by atoms with van der Waals surface area (Å²) in [6.45, 7) is 2.88. The standard InChI is InChI=1S/C11H11BrINO/c1-7-9(13)3-2-4-10(7)14-6-5-8(12)11(14)15/h2-4,8H,5-6H2,1H3. The average Bonchev–Trinajstić information content (AvgIpc) is 2.53. The Morgan fingerprint density at radius 3 is 2.87 bits per heavy atom. The van der Waals surface area contributed by atoms with Gasteiger partial charge in [-0.3, -0.25) is 4.79 Å². The minimum absolute atomic E-state index is 0.00485. The molecule has 1 unspecified atom stereocenters. The average molecular weight is 380 g/mol. The number of alkyl halides is 1. The van der Waals surface area contributed by atoms with Gasteiger partial charge in [0.2, 0.25) is 5.91 Å². The highest BCUT2D eigenvalue weighted by molar-refractivity contribution is 14.1. The number of benzene rings is 1. The fraction of sp³-hybridized carbons (Fsp3) is 0.364. The number of nitrogens with zero attached hydrogens (tertiary/aromatic N) is 1. The second kappa shape index (κ2) is 4.41. The zero-order valence-electron chi connectivity index (χ0n) is 8.34. The van der Waals surface area contributed by atoms with Crippen LogP contribution < -0.4 is 4.90 Å². The third kappa shape index (κ3) is 2.06. The molecule has 80 valence electrons. The molecule has 1 aliphatic heterocycles. The molecule has 0 aromatic heterocycles. The summed E-state index contributed by atoms with van der Waals surface area (Å²) in [5.41, 5.74) is 2.24. The predicted molar refractivity (Wildman–Crippen MR) is 73.6 cm³/mol. The zero-order valence-corrected chi connectivity index (χ0v) is 12.1. The Balaban J connectivity index is 2.38. The van der Waals surface area contributed by atoms with Crippen LogP contribution in [0, 0.1) is 10.5 Å². The van der Waals surface area contributed by atoms with Crippen molar-refractivity contribution in [1.29, 1.82) is 0 Å². The highest BCUT2D eigenvalue weighted by atomic mass is 127. The fourth-order valence-electron chi connectivity index (χ4n) is 1.77. The second-order valence-electron chi connectivity index (χ2n) is 3.63. The molecule has 1 aliphatic rings. The third-order valence-electron chi connectivity index (χ3n) is 2.67. The van der Waals surface area contributed by atoms with E-state index < -0.39 is 0 Å². The van der Waals surface area contributed by atoms with E-state index in [9.17, 15) is 4.79 Å². The van der Waals surface area contributed by atoms with Gasteiger partial charge < -0.3 is 4.90 Å². The molecule has 1 atom stereocenters. The molecule has 1 aromatic carbocycles. The molecule has 4 heteroatoms. The minimum Gasteiger partial charge on any atom is -0.311 e. The summed E-state index contributed by atoms with van der Waals surface area (Å²) < 4.78 is 1.20. The maximum atomic E-state index is 11.8. The van der Waals surface area contributed by atoms with Crippen molar-refractivity contribution in [2.24, 2.45) is 0 Å². The maximum absolute atomic E-state index is 11.8. The Kier molecular flexibility index (Phi) is 3.35. The molecule has 2 rings (SSSR count). The van der Waals surface area contributed by atoms with E-state index in [1.165, 1.54) is 9.13 Å². The number of halogens is 2. The van der Waals surface area contributed by atoms with Gasteiger partial charge in [0.05, 0.1) is 4.83 Å². The summed E-state index contributed by atoms with van der Waals surface area (Å²) >= 11 is 5.69. The number of hydrogen-bond acceptors (Lipinski definition) is 1. The predicted octanol–water partition coefficient (Wildman–Crippen LogP) is 3.10. The van der Waals surface area contributed by atoms with Crippen molar-refractivity contribution in [3.63, 3.8) is 0 Å². The highest BCUT2D eigenvalue weighted by Gasteiger charge is 2.31. The van der Waals surface area contributed by atoms with Crippen molar-refractivity contribution in [2.45, 2.75) is 18.2 Å². The van der Waals surface area contributed by atoms with Crippen molar-refractivity contribution in [3.8, 4) is 0 Å². The first-order chi connectivity index (χ1) is 7.11. The van der Waals surface area contributed by atoms with Gasteiger partial charge >= 0.3 is 0 Å². The van der Waals surface area contributed by atoms with E-state index in [0.29, 0.717) is 0 Å². The normalized spacial score (nSPS) is 21.1. The van der Waals surface area contributed by atoms with Crippen molar-refractivity contribution in [3.05, 3.63) is 27.3 Å². The van der Waals surface area contributed by atoms with E-state index in [1.807, 2.05) is 17.0 Å². The quantitative estimate of drug-likeness (QED) is 0.542. The number of carbonyl (C=O) groups excluding carboxylic acids is 1. The molecule has 0 bridgehead atoms. The van der Waals surface area contributed by atoms with Gasteiger partial charge in [-0.1, -0.05) is 22.0 Å². The number of rotatable bonds is 1. The Morgan fingerprint density at radius 1 is 1.53 bits per heavy atom. The summed E-state index contributed by atoms with van der Waals surface area (Å²) in [7, 11) is 0. The second-order valence-corrected chi connectivity index (χ2v) is 5.90. The van der Waals surface area contributed by atoms with E-state index in [0.717, 1.165) is 18.7 Å². The lowest BCUT2D eigenvalue weighted by atomic mass is 10.2. The number of amides is 1. The first kappa shape index (κ1) is 11.4. The Hall–Kier alpha value is -0.100. The molecular weight excluding hydrogens is 369 g/mol. The van der Waals surface area contributed by atoms with Gasteiger partial charge in [0.25, 0.3) is 0 Å². The van der Waals surface area contributed by atoms with Gasteiger partial charge in [-0.15, -0.1) is 0 Å². The van der Waals surface area contributed by atoms with Gasteiger partial charge in [-0.25, -0.2) is 0 Å². The van der Waals surface area contributed by atoms with E-state index in [1.54, 1.807) is 0 Å². The summed E-state index contributed by atoms with van der Waals surface area (Å²) in [5, 5.41) is 0. The van der Waals surface area contributed by atoms with E-state index >= 15 is 0 Å². The molecule has 1 aromatic rings. The monoisotopic (exact) mass is 379 g/mol. The first-order valence-electron chi connectivity index (χ1n) is 4.82. The molecule has 1 saturated heterocycles. The largest absolute Gasteiger partial charge is 0.311 e.